The number of nitrogens with one attached hydrogen (secondary N) is 1. The summed E-state index contributed by atoms with van der Waals surface area (Å²) in [5.41, 5.74) is 7.69. The molecule has 0 spiro atoms. The van der Waals surface area contributed by atoms with Gasteiger partial charge >= 0.3 is 5.97 Å². The Morgan fingerprint density at radius 3 is 2.72 bits per heavy atom. The van der Waals surface area contributed by atoms with Crippen molar-refractivity contribution in [3.63, 3.8) is 0 Å². The molecular formula is C19H18Cl2N2O4S2. The molecule has 0 fully saturated rings. The van der Waals surface area contributed by atoms with E-state index in [0.717, 1.165) is 35.3 Å². The Balaban J connectivity index is 1.44. The van der Waals surface area contributed by atoms with E-state index >= 15 is 0 Å². The summed E-state index contributed by atoms with van der Waals surface area (Å²) in [6.45, 7) is -0.424. The Morgan fingerprint density at radius 1 is 1.21 bits per heavy atom. The summed E-state index contributed by atoms with van der Waals surface area (Å²) in [5, 5.41) is 4.00. The smallest absolute Gasteiger partial charge is 0.316 e. The Bertz CT molecular complexity index is 962. The Labute approximate surface area is 186 Å². The van der Waals surface area contributed by atoms with Crippen molar-refractivity contribution in [3.05, 3.63) is 49.8 Å². The van der Waals surface area contributed by atoms with Crippen molar-refractivity contribution in [3.8, 4) is 0 Å². The van der Waals surface area contributed by atoms with E-state index < -0.39 is 24.4 Å². The van der Waals surface area contributed by atoms with Gasteiger partial charge in [-0.25, -0.2) is 0 Å². The molecule has 0 saturated heterocycles. The maximum absolute atomic E-state index is 12.1. The normalized spacial score (nSPS) is 12.5. The van der Waals surface area contributed by atoms with E-state index in [9.17, 15) is 14.4 Å². The van der Waals surface area contributed by atoms with E-state index in [-0.39, 0.29) is 5.75 Å². The first kappa shape index (κ1) is 22.0. The van der Waals surface area contributed by atoms with Crippen LogP contribution in [0.2, 0.25) is 10.0 Å². The van der Waals surface area contributed by atoms with Gasteiger partial charge in [-0.3, -0.25) is 14.4 Å². The molecule has 1 aliphatic rings. The van der Waals surface area contributed by atoms with Crippen LogP contribution in [0.15, 0.2) is 18.2 Å². The van der Waals surface area contributed by atoms with Crippen molar-refractivity contribution in [1.82, 2.24) is 0 Å². The lowest BCUT2D eigenvalue weighted by Gasteiger charge is -2.07. The minimum absolute atomic E-state index is 0.0906. The molecule has 2 aromatic rings. The molecule has 3 rings (SSSR count). The number of thiophene rings is 1. The lowest BCUT2D eigenvalue weighted by Crippen LogP contribution is -2.23. The minimum Gasteiger partial charge on any atom is -0.455 e. The molecule has 0 bridgehead atoms. The molecule has 3 N–H and O–H groups in total. The highest BCUT2D eigenvalue weighted by molar-refractivity contribution is 7.99. The van der Waals surface area contributed by atoms with E-state index in [1.54, 1.807) is 12.1 Å². The summed E-state index contributed by atoms with van der Waals surface area (Å²) < 4.78 is 5.00. The van der Waals surface area contributed by atoms with E-state index in [1.165, 1.54) is 23.1 Å². The predicted molar refractivity (Wildman–Crippen MR) is 117 cm³/mol. The number of rotatable bonds is 8. The van der Waals surface area contributed by atoms with Crippen molar-refractivity contribution in [2.75, 3.05) is 17.7 Å². The number of esters is 1. The average Bonchev–Trinajstić information content (AvgIpc) is 3.23. The fraction of sp³-hybridized carbons (Fsp3) is 0.316. The number of primary amides is 1. The first-order chi connectivity index (χ1) is 13.8. The van der Waals surface area contributed by atoms with Gasteiger partial charge in [-0.05, 0) is 42.5 Å². The number of carbonyl (C=O) groups is 3. The third kappa shape index (κ3) is 5.66. The number of ether oxygens (including phenoxy) is 1. The van der Waals surface area contributed by atoms with Gasteiger partial charge in [0.2, 0.25) is 0 Å². The molecule has 29 heavy (non-hydrogen) atoms. The van der Waals surface area contributed by atoms with Gasteiger partial charge in [0, 0.05) is 10.6 Å². The molecule has 10 heteroatoms. The number of hydrogen-bond acceptors (Lipinski definition) is 6. The molecule has 0 aliphatic heterocycles. The van der Waals surface area contributed by atoms with Gasteiger partial charge in [0.05, 0.1) is 21.4 Å². The Hall–Kier alpha value is -1.74. The maximum Gasteiger partial charge on any atom is 0.316 e. The van der Waals surface area contributed by atoms with Crippen molar-refractivity contribution < 1.29 is 19.1 Å². The summed E-state index contributed by atoms with van der Waals surface area (Å²) >= 11 is 14.5. The molecule has 154 valence electrons. The second-order valence-corrected chi connectivity index (χ2v) is 9.28. The maximum atomic E-state index is 12.1. The number of benzene rings is 1. The number of carbonyl (C=O) groups excluding carboxylic acids is 3. The van der Waals surface area contributed by atoms with Gasteiger partial charge in [-0.1, -0.05) is 29.3 Å². The Morgan fingerprint density at radius 2 is 2.00 bits per heavy atom. The van der Waals surface area contributed by atoms with E-state index in [2.05, 4.69) is 5.32 Å². The molecular weight excluding hydrogens is 455 g/mol. The third-order valence-electron chi connectivity index (χ3n) is 4.26. The standard InChI is InChI=1S/C19H18Cl2N2O4S2/c20-12-5-4-10(6-13(12)21)8-28-9-16(25)27-7-15(24)23-19-17(18(22)26)11-2-1-3-14(11)29-19/h4-6H,1-3,7-9H2,(H2,22,26)(H,23,24). The van der Waals surface area contributed by atoms with Crippen molar-refractivity contribution in [2.24, 2.45) is 5.73 Å². The molecule has 1 heterocycles. The van der Waals surface area contributed by atoms with Crippen molar-refractivity contribution in [1.29, 1.82) is 0 Å². The molecule has 6 nitrogen and oxygen atoms in total. The number of amides is 2. The second-order valence-electron chi connectivity index (χ2n) is 6.38. The zero-order chi connectivity index (χ0) is 21.0. The van der Waals surface area contributed by atoms with Crippen LogP contribution in [-0.4, -0.2) is 30.1 Å². The van der Waals surface area contributed by atoms with Crippen molar-refractivity contribution >= 4 is 69.1 Å². The fourth-order valence-electron chi connectivity index (χ4n) is 2.99. The van der Waals surface area contributed by atoms with Crippen molar-refractivity contribution in [2.45, 2.75) is 25.0 Å². The summed E-state index contributed by atoms with van der Waals surface area (Å²) in [4.78, 5) is 36.8. The number of thioether (sulfide) groups is 1. The SMILES string of the molecule is NC(=O)c1c(NC(=O)COC(=O)CSCc2ccc(Cl)c(Cl)c2)sc2c1CCC2. The zero-order valence-corrected chi connectivity index (χ0v) is 18.4. The average molecular weight is 473 g/mol. The largest absolute Gasteiger partial charge is 0.455 e. The van der Waals surface area contributed by atoms with Crippen LogP contribution in [0.4, 0.5) is 5.00 Å². The monoisotopic (exact) mass is 472 g/mol. The number of anilines is 1. The van der Waals surface area contributed by atoms with E-state index in [1.807, 2.05) is 6.07 Å². The number of nitrogens with two attached hydrogens (primary N) is 1. The van der Waals surface area contributed by atoms with Crippen LogP contribution >= 0.6 is 46.3 Å². The quantitative estimate of drug-likeness (QED) is 0.564. The van der Waals surface area contributed by atoms with Crippen LogP contribution in [0, 0.1) is 0 Å². The highest BCUT2D eigenvalue weighted by Gasteiger charge is 2.26. The summed E-state index contributed by atoms with van der Waals surface area (Å²) in [6, 6.07) is 5.27. The number of fused-ring (bicyclic) bond motifs is 1. The molecule has 2 amide bonds. The van der Waals surface area contributed by atoms with E-state index in [4.69, 9.17) is 33.7 Å². The lowest BCUT2D eigenvalue weighted by molar-refractivity contribution is -0.144. The molecule has 1 aromatic heterocycles. The van der Waals surface area contributed by atoms with E-state index in [0.29, 0.717) is 26.4 Å². The highest BCUT2D eigenvalue weighted by Crippen LogP contribution is 2.38. The fourth-order valence-corrected chi connectivity index (χ4v) is 5.38. The Kier molecular flexibility index (Phi) is 7.45. The molecule has 1 aliphatic carbocycles. The lowest BCUT2D eigenvalue weighted by atomic mass is 10.1. The molecule has 0 saturated carbocycles. The van der Waals surface area contributed by atoms with Crippen LogP contribution in [0.25, 0.3) is 0 Å². The zero-order valence-electron chi connectivity index (χ0n) is 15.3. The van der Waals surface area contributed by atoms with Gasteiger partial charge < -0.3 is 15.8 Å². The van der Waals surface area contributed by atoms with Gasteiger partial charge in [-0.15, -0.1) is 23.1 Å². The predicted octanol–water partition coefficient (Wildman–Crippen LogP) is 4.06. The van der Waals surface area contributed by atoms with Gasteiger partial charge in [0.25, 0.3) is 11.8 Å². The van der Waals surface area contributed by atoms with Gasteiger partial charge in [-0.2, -0.15) is 0 Å². The number of aryl methyl sites for hydroxylation is 1. The summed E-state index contributed by atoms with van der Waals surface area (Å²) in [5.74, 6) is -0.923. The molecule has 0 unspecified atom stereocenters. The van der Waals surface area contributed by atoms with Crippen LogP contribution in [-0.2, 0) is 32.9 Å². The number of halogens is 2. The summed E-state index contributed by atoms with van der Waals surface area (Å²) in [6.07, 6.45) is 2.64. The molecule has 1 aromatic carbocycles. The van der Waals surface area contributed by atoms with Crippen LogP contribution in [0.3, 0.4) is 0 Å². The van der Waals surface area contributed by atoms with Crippen LogP contribution < -0.4 is 11.1 Å². The number of hydrogen-bond donors (Lipinski definition) is 2. The minimum atomic E-state index is -0.560. The topological polar surface area (TPSA) is 98.5 Å². The first-order valence-electron chi connectivity index (χ1n) is 8.76. The second kappa shape index (κ2) is 9.84. The molecule has 0 atom stereocenters. The van der Waals surface area contributed by atoms with Gasteiger partial charge in [0.1, 0.15) is 5.00 Å². The highest BCUT2D eigenvalue weighted by atomic mass is 35.5. The summed E-state index contributed by atoms with van der Waals surface area (Å²) in [7, 11) is 0. The molecule has 0 radical (unpaired) electrons. The van der Waals surface area contributed by atoms with Gasteiger partial charge in [0.15, 0.2) is 6.61 Å². The van der Waals surface area contributed by atoms with Crippen LogP contribution in [0.5, 0.6) is 0 Å². The first-order valence-corrected chi connectivity index (χ1v) is 11.5. The third-order valence-corrected chi connectivity index (χ3v) is 7.18. The van der Waals surface area contributed by atoms with Crippen LogP contribution in [0.1, 0.15) is 32.8 Å².